The number of anilines is 1. The molecular weight excluding hydrogens is 294 g/mol. The standard InChI is InChI=1S/C18H25NO4/c1-3-4-5-6-7-8-11-23-17-16(21)14-10-9-13(20)12-15(14)19(2)18(17)22/h9-10,12,17,20H,3-8,11H2,1-2H3. The maximum Gasteiger partial charge on any atom is 0.263 e. The smallest absolute Gasteiger partial charge is 0.263 e. The van der Waals surface area contributed by atoms with E-state index >= 15 is 0 Å². The fourth-order valence-electron chi connectivity index (χ4n) is 2.78. The molecule has 126 valence electrons. The Labute approximate surface area is 137 Å². The summed E-state index contributed by atoms with van der Waals surface area (Å²) in [4.78, 5) is 26.1. The van der Waals surface area contributed by atoms with Crippen molar-refractivity contribution >= 4 is 17.4 Å². The van der Waals surface area contributed by atoms with Crippen molar-refractivity contribution < 1.29 is 19.4 Å². The van der Waals surface area contributed by atoms with Gasteiger partial charge < -0.3 is 14.7 Å². The highest BCUT2D eigenvalue weighted by Gasteiger charge is 2.38. The van der Waals surface area contributed by atoms with Crippen molar-refractivity contribution in [3.63, 3.8) is 0 Å². The summed E-state index contributed by atoms with van der Waals surface area (Å²) in [6.45, 7) is 2.59. The van der Waals surface area contributed by atoms with Gasteiger partial charge in [-0.05, 0) is 18.6 Å². The van der Waals surface area contributed by atoms with Crippen molar-refractivity contribution in [2.45, 2.75) is 51.6 Å². The summed E-state index contributed by atoms with van der Waals surface area (Å²) >= 11 is 0. The lowest BCUT2D eigenvalue weighted by Gasteiger charge is -2.30. The topological polar surface area (TPSA) is 66.8 Å². The third-order valence-corrected chi connectivity index (χ3v) is 4.18. The number of amides is 1. The van der Waals surface area contributed by atoms with Crippen LogP contribution in [-0.4, -0.2) is 36.6 Å². The molecule has 0 aliphatic carbocycles. The van der Waals surface area contributed by atoms with Gasteiger partial charge in [0.1, 0.15) is 5.75 Å². The second-order valence-electron chi connectivity index (χ2n) is 5.98. The Bertz CT molecular complexity index is 570. The first-order valence-electron chi connectivity index (χ1n) is 8.32. The van der Waals surface area contributed by atoms with Gasteiger partial charge in [-0.2, -0.15) is 0 Å². The van der Waals surface area contributed by atoms with Crippen molar-refractivity contribution in [1.82, 2.24) is 0 Å². The molecule has 1 aliphatic rings. The lowest BCUT2D eigenvalue weighted by atomic mass is 9.97. The predicted molar refractivity (Wildman–Crippen MR) is 89.0 cm³/mol. The fourth-order valence-corrected chi connectivity index (χ4v) is 2.78. The van der Waals surface area contributed by atoms with Crippen molar-refractivity contribution in [3.8, 4) is 5.75 Å². The molecule has 0 radical (unpaired) electrons. The van der Waals surface area contributed by atoms with Crippen LogP contribution in [0, 0.1) is 0 Å². The first-order chi connectivity index (χ1) is 11.1. The number of fused-ring (bicyclic) bond motifs is 1. The van der Waals surface area contributed by atoms with Crippen LogP contribution in [0.15, 0.2) is 18.2 Å². The number of unbranched alkanes of at least 4 members (excludes halogenated alkanes) is 5. The number of hydrogen-bond donors (Lipinski definition) is 1. The maximum absolute atomic E-state index is 12.4. The van der Waals surface area contributed by atoms with Gasteiger partial charge in [0.05, 0.1) is 5.69 Å². The van der Waals surface area contributed by atoms with Gasteiger partial charge >= 0.3 is 0 Å². The number of likely N-dealkylation sites (N-methyl/N-ethyl adjacent to an activating group) is 1. The molecule has 0 saturated carbocycles. The van der Waals surface area contributed by atoms with Crippen LogP contribution in [0.2, 0.25) is 0 Å². The highest BCUT2D eigenvalue weighted by molar-refractivity contribution is 6.23. The van der Waals surface area contributed by atoms with Crippen LogP contribution in [-0.2, 0) is 9.53 Å². The zero-order valence-electron chi connectivity index (χ0n) is 13.9. The second-order valence-corrected chi connectivity index (χ2v) is 5.98. The molecule has 1 aliphatic heterocycles. The van der Waals surface area contributed by atoms with Crippen LogP contribution < -0.4 is 4.90 Å². The average molecular weight is 319 g/mol. The fraction of sp³-hybridized carbons (Fsp3) is 0.556. The first kappa shape index (κ1) is 17.5. The van der Waals surface area contributed by atoms with Crippen LogP contribution in [0.1, 0.15) is 55.8 Å². The number of ketones is 1. The number of phenols is 1. The van der Waals surface area contributed by atoms with Crippen molar-refractivity contribution in [2.75, 3.05) is 18.6 Å². The van der Waals surface area contributed by atoms with E-state index in [4.69, 9.17) is 4.74 Å². The van der Waals surface area contributed by atoms with Gasteiger partial charge in [0.25, 0.3) is 5.91 Å². The van der Waals surface area contributed by atoms with Gasteiger partial charge in [0.2, 0.25) is 5.78 Å². The molecule has 1 aromatic rings. The van der Waals surface area contributed by atoms with Gasteiger partial charge in [-0.25, -0.2) is 0 Å². The molecule has 5 nitrogen and oxygen atoms in total. The summed E-state index contributed by atoms with van der Waals surface area (Å²) in [5.41, 5.74) is 0.845. The van der Waals surface area contributed by atoms with Crippen molar-refractivity contribution in [3.05, 3.63) is 23.8 Å². The van der Waals surface area contributed by atoms with E-state index < -0.39 is 6.10 Å². The van der Waals surface area contributed by atoms with Crippen LogP contribution in [0.5, 0.6) is 5.75 Å². The van der Waals surface area contributed by atoms with Gasteiger partial charge in [0, 0.05) is 25.3 Å². The SMILES string of the molecule is CCCCCCCCOC1C(=O)c2ccc(O)cc2N(C)C1=O. The largest absolute Gasteiger partial charge is 0.508 e. The van der Waals surface area contributed by atoms with Gasteiger partial charge in [0.15, 0.2) is 6.10 Å². The normalized spacial score (nSPS) is 17.5. The van der Waals surface area contributed by atoms with Gasteiger partial charge in [-0.15, -0.1) is 0 Å². The van der Waals surface area contributed by atoms with E-state index in [-0.39, 0.29) is 17.4 Å². The number of hydrogen-bond acceptors (Lipinski definition) is 4. The maximum atomic E-state index is 12.4. The van der Waals surface area contributed by atoms with E-state index in [0.29, 0.717) is 17.9 Å². The molecular formula is C18H25NO4. The van der Waals surface area contributed by atoms with Crippen molar-refractivity contribution in [1.29, 1.82) is 0 Å². The number of rotatable bonds is 8. The minimum absolute atomic E-state index is 0.0302. The zero-order chi connectivity index (χ0) is 16.8. The van der Waals surface area contributed by atoms with Crippen LogP contribution in [0.3, 0.4) is 0 Å². The minimum Gasteiger partial charge on any atom is -0.508 e. The Hall–Kier alpha value is -1.88. The third kappa shape index (κ3) is 4.10. The summed E-state index contributed by atoms with van der Waals surface area (Å²) in [7, 11) is 1.59. The molecule has 0 spiro atoms. The lowest BCUT2D eigenvalue weighted by Crippen LogP contribution is -2.47. The molecule has 1 atom stereocenters. The molecule has 2 rings (SSSR count). The summed E-state index contributed by atoms with van der Waals surface area (Å²) in [5.74, 6) is -0.671. The number of Topliss-reactive ketones (excluding diaryl/α,β-unsaturated/α-hetero) is 1. The predicted octanol–water partition coefficient (Wildman–Crippen LogP) is 3.30. The molecule has 0 fully saturated rings. The third-order valence-electron chi connectivity index (χ3n) is 4.18. The molecule has 1 amide bonds. The molecule has 0 bridgehead atoms. The first-order valence-corrected chi connectivity index (χ1v) is 8.32. The number of benzene rings is 1. The Morgan fingerprint density at radius 2 is 1.83 bits per heavy atom. The van der Waals surface area contributed by atoms with Crippen LogP contribution in [0.25, 0.3) is 0 Å². The number of ether oxygens (including phenoxy) is 1. The molecule has 23 heavy (non-hydrogen) atoms. The summed E-state index contributed by atoms with van der Waals surface area (Å²) in [5, 5.41) is 9.53. The molecule has 1 heterocycles. The molecule has 5 heteroatoms. The quantitative estimate of drug-likeness (QED) is 0.590. The number of nitrogens with zero attached hydrogens (tertiary/aromatic N) is 1. The van der Waals surface area contributed by atoms with Crippen molar-refractivity contribution in [2.24, 2.45) is 0 Å². The Kier molecular flexibility index (Phi) is 6.16. The van der Waals surface area contributed by atoms with E-state index in [1.807, 2.05) is 0 Å². The second kappa shape index (κ2) is 8.11. The molecule has 1 aromatic carbocycles. The molecule has 1 N–H and O–H groups in total. The number of aromatic hydroxyl groups is 1. The van der Waals surface area contributed by atoms with E-state index in [2.05, 4.69) is 6.92 Å². The molecule has 0 saturated heterocycles. The summed E-state index contributed by atoms with van der Waals surface area (Å²) < 4.78 is 5.57. The number of carbonyl (C=O) groups excluding carboxylic acids is 2. The van der Waals surface area contributed by atoms with E-state index in [9.17, 15) is 14.7 Å². The van der Waals surface area contributed by atoms with Crippen LogP contribution in [0.4, 0.5) is 5.69 Å². The Morgan fingerprint density at radius 1 is 1.13 bits per heavy atom. The molecule has 0 aromatic heterocycles. The lowest BCUT2D eigenvalue weighted by molar-refractivity contribution is -0.127. The van der Waals surface area contributed by atoms with Gasteiger partial charge in [-0.3, -0.25) is 9.59 Å². The minimum atomic E-state index is -1.06. The van der Waals surface area contributed by atoms with E-state index in [1.165, 1.54) is 42.4 Å². The van der Waals surface area contributed by atoms with Crippen LogP contribution >= 0.6 is 0 Å². The van der Waals surface area contributed by atoms with E-state index in [1.54, 1.807) is 7.05 Å². The zero-order valence-corrected chi connectivity index (χ0v) is 13.9. The number of phenolic OH excluding ortho intramolecular Hbond substituents is 1. The highest BCUT2D eigenvalue weighted by atomic mass is 16.5. The number of carbonyl (C=O) groups is 2. The van der Waals surface area contributed by atoms with E-state index in [0.717, 1.165) is 19.3 Å². The van der Waals surface area contributed by atoms with Gasteiger partial charge in [-0.1, -0.05) is 39.0 Å². The summed E-state index contributed by atoms with van der Waals surface area (Å²) in [6.07, 6.45) is 5.68. The average Bonchev–Trinajstić information content (AvgIpc) is 2.54. The molecule has 1 unspecified atom stereocenters. The Morgan fingerprint density at radius 3 is 2.57 bits per heavy atom. The highest BCUT2D eigenvalue weighted by Crippen LogP contribution is 2.31. The Balaban J connectivity index is 1.92. The summed E-state index contributed by atoms with van der Waals surface area (Å²) in [6, 6.07) is 4.41. The monoisotopic (exact) mass is 319 g/mol.